The molecule has 0 radical (unpaired) electrons. The van der Waals surface area contributed by atoms with E-state index in [1.165, 1.54) is 0 Å². The molecule has 0 saturated carbocycles. The van der Waals surface area contributed by atoms with Gasteiger partial charge in [0.1, 0.15) is 0 Å². The van der Waals surface area contributed by atoms with Crippen LogP contribution in [-0.4, -0.2) is 36.8 Å². The molecule has 3 N–H and O–H groups in total. The molecule has 0 amide bonds. The zero-order chi connectivity index (χ0) is 15.0. The molecule has 0 bridgehead atoms. The van der Waals surface area contributed by atoms with Gasteiger partial charge in [-0.15, -0.1) is 0 Å². The second kappa shape index (κ2) is 9.74. The van der Waals surface area contributed by atoms with Crippen molar-refractivity contribution in [3.8, 4) is 0 Å². The second-order valence-corrected chi connectivity index (χ2v) is 6.47. The molecular weight excluding hydrogens is 340 g/mol. The van der Waals surface area contributed by atoms with Gasteiger partial charge in [-0.1, -0.05) is 33.6 Å². The topological polar surface area (TPSA) is 49.5 Å². The van der Waals surface area contributed by atoms with Crippen molar-refractivity contribution in [1.29, 1.82) is 0 Å². The number of aliphatic hydroxyl groups is 1. The molecule has 1 atom stereocenters. The van der Waals surface area contributed by atoms with Gasteiger partial charge in [-0.3, -0.25) is 0 Å². The van der Waals surface area contributed by atoms with Crippen molar-refractivity contribution in [2.45, 2.75) is 31.7 Å². The zero-order valence-corrected chi connectivity index (χ0v) is 14.3. The average molecular weight is 364 g/mol. The third-order valence-corrected chi connectivity index (χ3v) is 4.20. The van der Waals surface area contributed by atoms with E-state index in [0.717, 1.165) is 53.8 Å². The number of nitrogens with two attached hydrogens (primary N) is 1. The summed E-state index contributed by atoms with van der Waals surface area (Å²) in [7, 11) is 2.11. The van der Waals surface area contributed by atoms with Gasteiger partial charge in [0.05, 0.1) is 0 Å². The van der Waals surface area contributed by atoms with Gasteiger partial charge in [0.15, 0.2) is 0 Å². The Kier molecular flexibility index (Phi) is 8.73. The Labute approximate surface area is 135 Å². The van der Waals surface area contributed by atoms with Crippen LogP contribution >= 0.6 is 27.5 Å². The van der Waals surface area contributed by atoms with Gasteiger partial charge < -0.3 is 15.7 Å². The highest BCUT2D eigenvalue weighted by atomic mass is 79.9. The summed E-state index contributed by atoms with van der Waals surface area (Å²) >= 11 is 9.61. The van der Waals surface area contributed by atoms with Crippen molar-refractivity contribution in [2.75, 3.05) is 26.7 Å². The summed E-state index contributed by atoms with van der Waals surface area (Å²) in [4.78, 5) is 2.28. The molecule has 3 nitrogen and oxygen atoms in total. The quantitative estimate of drug-likeness (QED) is 0.659. The van der Waals surface area contributed by atoms with Crippen LogP contribution in [0.25, 0.3) is 0 Å². The third-order valence-electron chi connectivity index (χ3n) is 3.38. The minimum atomic E-state index is -0.0320. The number of hydrogen-bond acceptors (Lipinski definition) is 3. The lowest BCUT2D eigenvalue weighted by molar-refractivity contribution is 0.270. The number of benzene rings is 1. The Balaban J connectivity index is 2.33. The van der Waals surface area contributed by atoms with Crippen LogP contribution in [0.1, 0.15) is 37.3 Å². The van der Waals surface area contributed by atoms with Gasteiger partial charge in [0, 0.05) is 22.1 Å². The fourth-order valence-electron chi connectivity index (χ4n) is 2.10. The van der Waals surface area contributed by atoms with Crippen molar-refractivity contribution in [3.63, 3.8) is 0 Å². The molecule has 0 fully saturated rings. The predicted molar refractivity (Wildman–Crippen MR) is 89.1 cm³/mol. The molecule has 0 aliphatic carbocycles. The largest absolute Gasteiger partial charge is 0.396 e. The van der Waals surface area contributed by atoms with Crippen LogP contribution in [-0.2, 0) is 0 Å². The zero-order valence-electron chi connectivity index (χ0n) is 12.0. The molecule has 0 heterocycles. The van der Waals surface area contributed by atoms with E-state index < -0.39 is 0 Å². The van der Waals surface area contributed by atoms with Crippen LogP contribution in [0.2, 0.25) is 5.02 Å². The molecule has 114 valence electrons. The van der Waals surface area contributed by atoms with E-state index in [0.29, 0.717) is 0 Å². The van der Waals surface area contributed by atoms with Gasteiger partial charge >= 0.3 is 0 Å². The summed E-state index contributed by atoms with van der Waals surface area (Å²) in [6.45, 7) is 2.28. The number of halogens is 2. The highest BCUT2D eigenvalue weighted by molar-refractivity contribution is 9.10. The molecule has 20 heavy (non-hydrogen) atoms. The van der Waals surface area contributed by atoms with Crippen LogP contribution < -0.4 is 5.73 Å². The summed E-state index contributed by atoms with van der Waals surface area (Å²) in [6.07, 6.45) is 3.97. The summed E-state index contributed by atoms with van der Waals surface area (Å²) in [6, 6.07) is 5.81. The lowest BCUT2D eigenvalue weighted by Crippen LogP contribution is -2.25. The van der Waals surface area contributed by atoms with E-state index in [-0.39, 0.29) is 12.6 Å². The van der Waals surface area contributed by atoms with Crippen LogP contribution in [0.4, 0.5) is 0 Å². The van der Waals surface area contributed by atoms with Gasteiger partial charge in [0.2, 0.25) is 0 Å². The first-order valence-corrected chi connectivity index (χ1v) is 8.21. The maximum atomic E-state index is 8.73. The SMILES string of the molecule is CN(CCCCCO)CCC(N)c1ccc(Br)cc1Cl. The summed E-state index contributed by atoms with van der Waals surface area (Å²) in [5.41, 5.74) is 7.21. The van der Waals surface area contributed by atoms with Crippen molar-refractivity contribution in [3.05, 3.63) is 33.3 Å². The molecule has 1 aromatic carbocycles. The van der Waals surface area contributed by atoms with Gasteiger partial charge in [-0.2, -0.15) is 0 Å². The molecule has 0 aromatic heterocycles. The first-order chi connectivity index (χ1) is 9.54. The number of hydrogen-bond donors (Lipinski definition) is 2. The molecule has 0 aliphatic rings. The van der Waals surface area contributed by atoms with Crippen LogP contribution in [0, 0.1) is 0 Å². The van der Waals surface area contributed by atoms with Crippen molar-refractivity contribution in [1.82, 2.24) is 4.90 Å². The Hall–Kier alpha value is -0.130. The van der Waals surface area contributed by atoms with E-state index in [1.54, 1.807) is 0 Å². The van der Waals surface area contributed by atoms with Crippen molar-refractivity contribution >= 4 is 27.5 Å². The molecule has 0 aliphatic heterocycles. The highest BCUT2D eigenvalue weighted by Crippen LogP contribution is 2.26. The van der Waals surface area contributed by atoms with Crippen molar-refractivity contribution in [2.24, 2.45) is 5.73 Å². The van der Waals surface area contributed by atoms with E-state index in [2.05, 4.69) is 27.9 Å². The molecule has 5 heteroatoms. The number of unbranched alkanes of at least 4 members (excludes halogenated alkanes) is 2. The van der Waals surface area contributed by atoms with Crippen LogP contribution in [0.5, 0.6) is 0 Å². The van der Waals surface area contributed by atoms with Crippen LogP contribution in [0.3, 0.4) is 0 Å². The van der Waals surface area contributed by atoms with Crippen LogP contribution in [0.15, 0.2) is 22.7 Å². The first kappa shape index (κ1) is 17.9. The molecular formula is C15H24BrClN2O. The van der Waals surface area contributed by atoms with E-state index in [9.17, 15) is 0 Å². The minimum absolute atomic E-state index is 0.0320. The third kappa shape index (κ3) is 6.55. The lowest BCUT2D eigenvalue weighted by Gasteiger charge is -2.20. The van der Waals surface area contributed by atoms with Gasteiger partial charge in [-0.05, 0) is 63.5 Å². The molecule has 0 saturated heterocycles. The summed E-state index contributed by atoms with van der Waals surface area (Å²) in [5, 5.41) is 9.45. The number of nitrogens with zero attached hydrogens (tertiary/aromatic N) is 1. The average Bonchev–Trinajstić information content (AvgIpc) is 2.41. The van der Waals surface area contributed by atoms with Gasteiger partial charge in [-0.25, -0.2) is 0 Å². The van der Waals surface area contributed by atoms with Gasteiger partial charge in [0.25, 0.3) is 0 Å². The minimum Gasteiger partial charge on any atom is -0.396 e. The standard InChI is InChI=1S/C15H24BrClN2O/c1-19(8-3-2-4-10-20)9-7-15(18)13-6-5-12(16)11-14(13)17/h5-6,11,15,20H,2-4,7-10,18H2,1H3. The summed E-state index contributed by atoms with van der Waals surface area (Å²) < 4.78 is 0.972. The van der Waals surface area contributed by atoms with Crippen molar-refractivity contribution < 1.29 is 5.11 Å². The Morgan fingerprint density at radius 2 is 2.05 bits per heavy atom. The predicted octanol–water partition coefficient (Wildman–Crippen LogP) is 3.59. The summed E-state index contributed by atoms with van der Waals surface area (Å²) in [5.74, 6) is 0. The normalized spacial score (nSPS) is 12.9. The lowest BCUT2D eigenvalue weighted by atomic mass is 10.0. The maximum Gasteiger partial charge on any atom is 0.0464 e. The molecule has 1 rings (SSSR count). The first-order valence-electron chi connectivity index (χ1n) is 7.04. The fraction of sp³-hybridized carbons (Fsp3) is 0.600. The molecule has 1 aromatic rings. The maximum absolute atomic E-state index is 8.73. The smallest absolute Gasteiger partial charge is 0.0464 e. The molecule has 0 spiro atoms. The fourth-order valence-corrected chi connectivity index (χ4v) is 2.91. The second-order valence-electron chi connectivity index (χ2n) is 5.15. The monoisotopic (exact) mass is 362 g/mol. The van der Waals surface area contributed by atoms with E-state index in [4.69, 9.17) is 22.4 Å². The van der Waals surface area contributed by atoms with E-state index in [1.807, 2.05) is 18.2 Å². The Morgan fingerprint density at radius 3 is 2.70 bits per heavy atom. The molecule has 1 unspecified atom stereocenters. The Bertz CT molecular complexity index is 403. The highest BCUT2D eigenvalue weighted by Gasteiger charge is 2.11. The number of aliphatic hydroxyl groups excluding tert-OH is 1. The number of rotatable bonds is 9. The van der Waals surface area contributed by atoms with E-state index >= 15 is 0 Å². The Morgan fingerprint density at radius 1 is 1.30 bits per heavy atom.